The number of carboxylic acid groups (broad SMARTS) is 1. The first-order valence-electron chi connectivity index (χ1n) is 3.38. The summed E-state index contributed by atoms with van der Waals surface area (Å²) in [7, 11) is 0. The highest BCUT2D eigenvalue weighted by molar-refractivity contribution is 5.67. The molecule has 0 spiro atoms. The molecular formula is C6H12N2O2. The summed E-state index contributed by atoms with van der Waals surface area (Å²) in [5, 5.41) is 11.4. The van der Waals surface area contributed by atoms with Crippen molar-refractivity contribution in [2.45, 2.75) is 12.5 Å². The Hall–Kier alpha value is -0.610. The number of nitrogens with two attached hydrogens (primary N) is 1. The quantitative estimate of drug-likeness (QED) is 0.465. The Labute approximate surface area is 59.4 Å². The first-order chi connectivity index (χ1) is 4.70. The molecule has 1 aliphatic rings. The topological polar surface area (TPSA) is 75.3 Å². The zero-order valence-electron chi connectivity index (χ0n) is 5.71. The van der Waals surface area contributed by atoms with Crippen LogP contribution < -0.4 is 11.1 Å². The minimum Gasteiger partial charge on any atom is -0.481 e. The van der Waals surface area contributed by atoms with Crippen LogP contribution in [0.1, 0.15) is 6.42 Å². The van der Waals surface area contributed by atoms with Crippen LogP contribution in [0.15, 0.2) is 0 Å². The SMILES string of the molecule is N[C@@H]1CNC[C@@H]1CC(=O)O. The first-order valence-corrected chi connectivity index (χ1v) is 3.38. The second-order valence-corrected chi connectivity index (χ2v) is 2.68. The predicted molar refractivity (Wildman–Crippen MR) is 36.6 cm³/mol. The molecule has 0 aromatic carbocycles. The molecule has 10 heavy (non-hydrogen) atoms. The summed E-state index contributed by atoms with van der Waals surface area (Å²) >= 11 is 0. The fourth-order valence-electron chi connectivity index (χ4n) is 1.20. The molecule has 4 nitrogen and oxygen atoms in total. The van der Waals surface area contributed by atoms with Crippen LogP contribution in [0.2, 0.25) is 0 Å². The number of carboxylic acids is 1. The molecule has 1 heterocycles. The summed E-state index contributed by atoms with van der Waals surface area (Å²) in [5.74, 6) is -0.637. The summed E-state index contributed by atoms with van der Waals surface area (Å²) in [6.45, 7) is 1.49. The lowest BCUT2D eigenvalue weighted by atomic mass is 10.0. The molecule has 4 heteroatoms. The normalized spacial score (nSPS) is 32.5. The van der Waals surface area contributed by atoms with Gasteiger partial charge in [-0.05, 0) is 5.92 Å². The van der Waals surface area contributed by atoms with Crippen molar-refractivity contribution in [3.05, 3.63) is 0 Å². The Balaban J connectivity index is 2.33. The molecule has 4 N–H and O–H groups in total. The maximum atomic E-state index is 10.2. The maximum absolute atomic E-state index is 10.2. The van der Waals surface area contributed by atoms with E-state index in [0.29, 0.717) is 0 Å². The lowest BCUT2D eigenvalue weighted by Gasteiger charge is -2.09. The summed E-state index contributed by atoms with van der Waals surface area (Å²) in [6.07, 6.45) is 0.189. The standard InChI is InChI=1S/C6H12N2O2/c7-5-3-8-2-4(5)1-6(9)10/h4-5,8H,1-3,7H2,(H,9,10)/t4-,5+/m0/s1. The third kappa shape index (κ3) is 1.68. The molecule has 1 aliphatic heterocycles. The third-order valence-corrected chi connectivity index (χ3v) is 1.83. The highest BCUT2D eigenvalue weighted by Crippen LogP contribution is 2.10. The number of hydrogen-bond donors (Lipinski definition) is 3. The lowest BCUT2D eigenvalue weighted by Crippen LogP contribution is -2.30. The molecule has 0 aromatic rings. The molecule has 0 aliphatic carbocycles. The van der Waals surface area contributed by atoms with Crippen molar-refractivity contribution in [1.82, 2.24) is 5.32 Å². The minimum atomic E-state index is -0.760. The van der Waals surface area contributed by atoms with Gasteiger partial charge >= 0.3 is 5.97 Å². The molecule has 1 fully saturated rings. The molecule has 0 radical (unpaired) electrons. The number of nitrogens with one attached hydrogen (secondary N) is 1. The molecule has 0 aromatic heterocycles. The van der Waals surface area contributed by atoms with E-state index in [4.69, 9.17) is 10.8 Å². The Morgan fingerprint density at radius 2 is 2.40 bits per heavy atom. The smallest absolute Gasteiger partial charge is 0.303 e. The van der Waals surface area contributed by atoms with Crippen LogP contribution in [0, 0.1) is 5.92 Å². The molecule has 0 bridgehead atoms. The van der Waals surface area contributed by atoms with Gasteiger partial charge in [0.2, 0.25) is 0 Å². The van der Waals surface area contributed by atoms with E-state index in [1.54, 1.807) is 0 Å². The fourth-order valence-corrected chi connectivity index (χ4v) is 1.20. The predicted octanol–water partition coefficient (Wildman–Crippen LogP) is -0.992. The number of rotatable bonds is 2. The van der Waals surface area contributed by atoms with Crippen LogP contribution in [0.3, 0.4) is 0 Å². The van der Waals surface area contributed by atoms with Crippen molar-refractivity contribution in [2.24, 2.45) is 11.7 Å². The van der Waals surface area contributed by atoms with Crippen LogP contribution >= 0.6 is 0 Å². The zero-order valence-corrected chi connectivity index (χ0v) is 5.71. The monoisotopic (exact) mass is 144 g/mol. The van der Waals surface area contributed by atoms with Crippen LogP contribution in [0.5, 0.6) is 0 Å². The van der Waals surface area contributed by atoms with Crippen molar-refractivity contribution >= 4 is 5.97 Å². The first kappa shape index (κ1) is 7.50. The van der Waals surface area contributed by atoms with Gasteiger partial charge in [-0.25, -0.2) is 0 Å². The Morgan fingerprint density at radius 3 is 2.80 bits per heavy atom. The van der Waals surface area contributed by atoms with Gasteiger partial charge in [0, 0.05) is 19.1 Å². The average Bonchev–Trinajstić information content (AvgIpc) is 2.15. The number of aliphatic carboxylic acids is 1. The second-order valence-electron chi connectivity index (χ2n) is 2.68. The van der Waals surface area contributed by atoms with E-state index >= 15 is 0 Å². The van der Waals surface area contributed by atoms with Crippen LogP contribution in [-0.4, -0.2) is 30.2 Å². The van der Waals surface area contributed by atoms with Gasteiger partial charge in [-0.2, -0.15) is 0 Å². The molecule has 2 atom stereocenters. The van der Waals surface area contributed by atoms with Gasteiger partial charge in [0.05, 0.1) is 6.42 Å². The van der Waals surface area contributed by atoms with E-state index in [-0.39, 0.29) is 18.4 Å². The Bertz CT molecular complexity index is 138. The summed E-state index contributed by atoms with van der Waals surface area (Å²) in [6, 6.07) is 0.0242. The van der Waals surface area contributed by atoms with Crippen molar-refractivity contribution in [2.75, 3.05) is 13.1 Å². The molecular weight excluding hydrogens is 132 g/mol. The minimum absolute atomic E-state index is 0.0242. The second kappa shape index (κ2) is 2.98. The van der Waals surface area contributed by atoms with Crippen LogP contribution in [0.25, 0.3) is 0 Å². The van der Waals surface area contributed by atoms with Crippen molar-refractivity contribution in [3.63, 3.8) is 0 Å². The van der Waals surface area contributed by atoms with E-state index in [1.165, 1.54) is 0 Å². The van der Waals surface area contributed by atoms with Gasteiger partial charge in [-0.1, -0.05) is 0 Å². The van der Waals surface area contributed by atoms with Gasteiger partial charge in [0.1, 0.15) is 0 Å². The molecule has 1 saturated heterocycles. The van der Waals surface area contributed by atoms with E-state index in [9.17, 15) is 4.79 Å². The molecule has 58 valence electrons. The Morgan fingerprint density at radius 1 is 1.70 bits per heavy atom. The van der Waals surface area contributed by atoms with Crippen LogP contribution in [-0.2, 0) is 4.79 Å². The molecule has 0 unspecified atom stereocenters. The largest absolute Gasteiger partial charge is 0.481 e. The average molecular weight is 144 g/mol. The highest BCUT2D eigenvalue weighted by Gasteiger charge is 2.25. The number of hydrogen-bond acceptors (Lipinski definition) is 3. The number of carbonyl (C=O) groups is 1. The van der Waals surface area contributed by atoms with E-state index in [2.05, 4.69) is 5.32 Å². The summed E-state index contributed by atoms with van der Waals surface area (Å²) in [5.41, 5.74) is 5.60. The zero-order chi connectivity index (χ0) is 7.56. The van der Waals surface area contributed by atoms with E-state index in [0.717, 1.165) is 13.1 Å². The van der Waals surface area contributed by atoms with Gasteiger partial charge in [-0.3, -0.25) is 4.79 Å². The van der Waals surface area contributed by atoms with Crippen molar-refractivity contribution in [1.29, 1.82) is 0 Å². The fraction of sp³-hybridized carbons (Fsp3) is 0.833. The van der Waals surface area contributed by atoms with Gasteiger partial charge in [-0.15, -0.1) is 0 Å². The van der Waals surface area contributed by atoms with E-state index in [1.807, 2.05) is 0 Å². The van der Waals surface area contributed by atoms with Crippen molar-refractivity contribution < 1.29 is 9.90 Å². The molecule has 1 rings (SSSR count). The van der Waals surface area contributed by atoms with Gasteiger partial charge < -0.3 is 16.2 Å². The third-order valence-electron chi connectivity index (χ3n) is 1.83. The van der Waals surface area contributed by atoms with Crippen molar-refractivity contribution in [3.8, 4) is 0 Å². The molecule has 0 saturated carbocycles. The van der Waals surface area contributed by atoms with Gasteiger partial charge in [0.25, 0.3) is 0 Å². The Kier molecular flexibility index (Phi) is 2.24. The molecule has 0 amide bonds. The lowest BCUT2D eigenvalue weighted by molar-refractivity contribution is -0.138. The van der Waals surface area contributed by atoms with E-state index < -0.39 is 5.97 Å². The summed E-state index contributed by atoms with van der Waals surface area (Å²) in [4.78, 5) is 10.2. The maximum Gasteiger partial charge on any atom is 0.303 e. The van der Waals surface area contributed by atoms with Gasteiger partial charge in [0.15, 0.2) is 0 Å². The highest BCUT2D eigenvalue weighted by atomic mass is 16.4. The van der Waals surface area contributed by atoms with Crippen LogP contribution in [0.4, 0.5) is 0 Å². The summed E-state index contributed by atoms with van der Waals surface area (Å²) < 4.78 is 0.